The smallest absolute Gasteiger partial charge is 0.408 e. The van der Waals surface area contributed by atoms with Crippen molar-refractivity contribution < 1.29 is 29.0 Å². The Morgan fingerprint density at radius 1 is 0.649 bits per heavy atom. The first-order valence-corrected chi connectivity index (χ1v) is 11.8. The summed E-state index contributed by atoms with van der Waals surface area (Å²) < 4.78 is 5.28. The number of aliphatic carboxylic acids is 1. The Hall–Kier alpha value is -4.66. The van der Waals surface area contributed by atoms with Crippen LogP contribution >= 0.6 is 0 Å². The number of amides is 3. The van der Waals surface area contributed by atoms with Gasteiger partial charge in [-0.25, -0.2) is 4.79 Å². The Labute approximate surface area is 214 Å². The monoisotopic (exact) mass is 503 g/mol. The molecule has 0 aromatic heterocycles. The largest absolute Gasteiger partial charge is 0.480 e. The first-order chi connectivity index (χ1) is 17.9. The van der Waals surface area contributed by atoms with Gasteiger partial charge in [0.15, 0.2) is 0 Å². The lowest BCUT2D eigenvalue weighted by molar-refractivity contribution is -0.138. The lowest BCUT2D eigenvalue weighted by Crippen LogP contribution is -2.55. The van der Waals surface area contributed by atoms with E-state index < -0.39 is 42.5 Å². The fraction of sp³-hybridized carbons (Fsp3) is 0.214. The summed E-state index contributed by atoms with van der Waals surface area (Å²) in [4.78, 5) is 49.6. The molecule has 0 heterocycles. The van der Waals surface area contributed by atoms with Crippen LogP contribution in [0.1, 0.15) is 16.7 Å². The lowest BCUT2D eigenvalue weighted by atomic mass is 10.0. The van der Waals surface area contributed by atoms with Gasteiger partial charge in [-0.2, -0.15) is 0 Å². The van der Waals surface area contributed by atoms with E-state index in [1.54, 1.807) is 24.3 Å². The van der Waals surface area contributed by atoms with Gasteiger partial charge < -0.3 is 25.8 Å². The first kappa shape index (κ1) is 26.9. The summed E-state index contributed by atoms with van der Waals surface area (Å²) in [6.07, 6.45) is -0.494. The molecule has 0 spiro atoms. The lowest BCUT2D eigenvalue weighted by Gasteiger charge is -2.23. The summed E-state index contributed by atoms with van der Waals surface area (Å²) in [5, 5.41) is 16.5. The van der Waals surface area contributed by atoms with Crippen LogP contribution in [-0.4, -0.2) is 47.6 Å². The van der Waals surface area contributed by atoms with Gasteiger partial charge in [-0.05, 0) is 16.7 Å². The Bertz CT molecular complexity index is 1170. The molecule has 3 amide bonds. The number of hydrogen-bond donors (Lipinski definition) is 4. The highest BCUT2D eigenvalue weighted by molar-refractivity contribution is 5.92. The van der Waals surface area contributed by atoms with Crippen molar-refractivity contribution in [3.05, 3.63) is 108 Å². The van der Waals surface area contributed by atoms with Gasteiger partial charge in [-0.15, -0.1) is 0 Å². The number of nitrogens with one attached hydrogen (secondary N) is 3. The Morgan fingerprint density at radius 2 is 1.11 bits per heavy atom. The maximum Gasteiger partial charge on any atom is 0.408 e. The van der Waals surface area contributed by atoms with Crippen molar-refractivity contribution in [3.63, 3.8) is 0 Å². The topological polar surface area (TPSA) is 134 Å². The third kappa shape index (κ3) is 9.48. The second kappa shape index (κ2) is 14.0. The van der Waals surface area contributed by atoms with Crippen molar-refractivity contribution >= 4 is 23.9 Å². The number of carboxylic acids is 1. The minimum atomic E-state index is -1.21. The van der Waals surface area contributed by atoms with Gasteiger partial charge in [0.25, 0.3) is 0 Å². The van der Waals surface area contributed by atoms with Crippen LogP contribution in [0.4, 0.5) is 4.79 Å². The zero-order chi connectivity index (χ0) is 26.5. The molecule has 9 heteroatoms. The van der Waals surface area contributed by atoms with Gasteiger partial charge in [0.05, 0.1) is 0 Å². The molecule has 0 aliphatic rings. The molecule has 3 rings (SSSR count). The Kier molecular flexibility index (Phi) is 10.2. The van der Waals surface area contributed by atoms with Gasteiger partial charge in [0.2, 0.25) is 11.8 Å². The maximum atomic E-state index is 13.3. The SMILES string of the molecule is O=C(O)CNC(=O)[C@@H](Cc1ccccc1)NC(=O)[C@@H](Cc1ccccc1)NC(=O)OCc1ccccc1. The van der Waals surface area contributed by atoms with Gasteiger partial charge in [-0.1, -0.05) is 91.0 Å². The molecule has 2 atom stereocenters. The van der Waals surface area contributed by atoms with Crippen molar-refractivity contribution in [2.45, 2.75) is 31.5 Å². The van der Waals surface area contributed by atoms with Crippen molar-refractivity contribution in [2.24, 2.45) is 0 Å². The zero-order valence-electron chi connectivity index (χ0n) is 20.1. The molecule has 0 unspecified atom stereocenters. The standard InChI is InChI=1S/C28H29N3O6/c32-25(33)18-29-26(34)23(16-20-10-4-1-5-11-20)30-27(35)24(17-21-12-6-2-7-13-21)31-28(36)37-19-22-14-8-3-9-15-22/h1-15,23-24H,16-19H2,(H,29,34)(H,30,35)(H,31,36)(H,32,33)/t23-,24-/m1/s1. The van der Waals surface area contributed by atoms with E-state index in [0.717, 1.165) is 16.7 Å². The number of alkyl carbamates (subject to hydrolysis) is 1. The van der Waals surface area contributed by atoms with E-state index in [-0.39, 0.29) is 19.4 Å². The van der Waals surface area contributed by atoms with E-state index in [9.17, 15) is 19.2 Å². The van der Waals surface area contributed by atoms with E-state index in [1.165, 1.54) is 0 Å². The molecular formula is C28H29N3O6. The van der Waals surface area contributed by atoms with Crippen molar-refractivity contribution in [1.29, 1.82) is 0 Å². The highest BCUT2D eigenvalue weighted by Gasteiger charge is 2.28. The minimum absolute atomic E-state index is 0.0283. The van der Waals surface area contributed by atoms with E-state index in [4.69, 9.17) is 9.84 Å². The number of carboxylic acid groups (broad SMARTS) is 1. The molecule has 0 saturated heterocycles. The summed E-state index contributed by atoms with van der Waals surface area (Å²) in [6.45, 7) is -0.557. The average Bonchev–Trinajstić information content (AvgIpc) is 2.91. The maximum absolute atomic E-state index is 13.3. The number of carbonyl (C=O) groups is 4. The molecular weight excluding hydrogens is 474 g/mol. The molecule has 9 nitrogen and oxygen atoms in total. The van der Waals surface area contributed by atoms with Gasteiger partial charge >= 0.3 is 12.1 Å². The van der Waals surface area contributed by atoms with E-state index in [0.29, 0.717) is 0 Å². The van der Waals surface area contributed by atoms with Crippen LogP contribution < -0.4 is 16.0 Å². The predicted molar refractivity (Wildman–Crippen MR) is 136 cm³/mol. The first-order valence-electron chi connectivity index (χ1n) is 11.8. The molecule has 3 aromatic rings. The second-order valence-electron chi connectivity index (χ2n) is 8.31. The van der Waals surface area contributed by atoms with Crippen molar-refractivity contribution in [1.82, 2.24) is 16.0 Å². The predicted octanol–water partition coefficient (Wildman–Crippen LogP) is 2.45. The van der Waals surface area contributed by atoms with E-state index >= 15 is 0 Å². The van der Waals surface area contributed by atoms with Gasteiger partial charge in [0, 0.05) is 12.8 Å². The van der Waals surface area contributed by atoms with Crippen LogP contribution in [0.15, 0.2) is 91.0 Å². The van der Waals surface area contributed by atoms with E-state index in [2.05, 4.69) is 16.0 Å². The molecule has 37 heavy (non-hydrogen) atoms. The van der Waals surface area contributed by atoms with Crippen molar-refractivity contribution in [3.8, 4) is 0 Å². The molecule has 4 N–H and O–H groups in total. The molecule has 0 saturated carbocycles. The third-order valence-electron chi connectivity index (χ3n) is 5.43. The molecule has 0 aliphatic heterocycles. The number of hydrogen-bond acceptors (Lipinski definition) is 5. The van der Waals surface area contributed by atoms with Crippen molar-refractivity contribution in [2.75, 3.05) is 6.54 Å². The fourth-order valence-corrected chi connectivity index (χ4v) is 3.58. The van der Waals surface area contributed by atoms with Crippen LogP contribution in [-0.2, 0) is 38.6 Å². The third-order valence-corrected chi connectivity index (χ3v) is 5.43. The quantitative estimate of drug-likeness (QED) is 0.300. The van der Waals surface area contributed by atoms with Crippen LogP contribution in [0.3, 0.4) is 0 Å². The molecule has 0 fully saturated rings. The van der Waals surface area contributed by atoms with Crippen LogP contribution in [0.25, 0.3) is 0 Å². The zero-order valence-corrected chi connectivity index (χ0v) is 20.1. The molecule has 192 valence electrons. The molecule has 0 bridgehead atoms. The molecule has 0 aliphatic carbocycles. The molecule has 3 aromatic carbocycles. The fourth-order valence-electron chi connectivity index (χ4n) is 3.58. The summed E-state index contributed by atoms with van der Waals surface area (Å²) in [6, 6.07) is 25.1. The van der Waals surface area contributed by atoms with Crippen LogP contribution in [0.5, 0.6) is 0 Å². The average molecular weight is 504 g/mol. The minimum Gasteiger partial charge on any atom is -0.480 e. The Balaban J connectivity index is 1.73. The summed E-state index contributed by atoms with van der Waals surface area (Å²) in [5.41, 5.74) is 2.36. The normalized spacial score (nSPS) is 12.0. The van der Waals surface area contributed by atoms with Crippen LogP contribution in [0, 0.1) is 0 Å². The number of rotatable bonds is 12. The van der Waals surface area contributed by atoms with Crippen LogP contribution in [0.2, 0.25) is 0 Å². The molecule has 0 radical (unpaired) electrons. The highest BCUT2D eigenvalue weighted by atomic mass is 16.5. The summed E-state index contributed by atoms with van der Waals surface area (Å²) in [7, 11) is 0. The summed E-state index contributed by atoms with van der Waals surface area (Å²) >= 11 is 0. The van der Waals surface area contributed by atoms with Gasteiger partial charge in [-0.3, -0.25) is 14.4 Å². The van der Waals surface area contributed by atoms with E-state index in [1.807, 2.05) is 66.7 Å². The number of ether oxygens (including phenoxy) is 1. The van der Waals surface area contributed by atoms with Gasteiger partial charge in [0.1, 0.15) is 25.2 Å². The second-order valence-corrected chi connectivity index (χ2v) is 8.31. The number of carbonyl (C=O) groups excluding carboxylic acids is 3. The number of benzene rings is 3. The summed E-state index contributed by atoms with van der Waals surface area (Å²) in [5.74, 6) is -2.46. The highest BCUT2D eigenvalue weighted by Crippen LogP contribution is 2.08. The Morgan fingerprint density at radius 3 is 1.59 bits per heavy atom.